The second kappa shape index (κ2) is 4.48. The summed E-state index contributed by atoms with van der Waals surface area (Å²) in [6.07, 6.45) is -0.131. The molecule has 0 atom stereocenters. The predicted octanol–water partition coefficient (Wildman–Crippen LogP) is 2.14. The fourth-order valence-corrected chi connectivity index (χ4v) is 0.458. The van der Waals surface area contributed by atoms with Crippen LogP contribution in [0.5, 0.6) is 0 Å². The van der Waals surface area contributed by atoms with Crippen LogP contribution in [-0.2, 0) is 14.8 Å². The van der Waals surface area contributed by atoms with Gasteiger partial charge in [0.05, 0.1) is 0 Å². The van der Waals surface area contributed by atoms with Crippen LogP contribution in [0.2, 0.25) is 0 Å². The molecule has 0 heterocycles. The van der Waals surface area contributed by atoms with Crippen molar-refractivity contribution < 1.29 is 28.4 Å². The molecule has 10 heavy (non-hydrogen) atoms. The summed E-state index contributed by atoms with van der Waals surface area (Å²) in [6, 6.07) is 0. The molecule has 0 aromatic carbocycles. The molecule has 0 aliphatic heterocycles. The van der Waals surface area contributed by atoms with Crippen molar-refractivity contribution in [2.75, 3.05) is 0 Å². The van der Waals surface area contributed by atoms with Crippen LogP contribution in [-0.4, -0.2) is 5.97 Å². The highest BCUT2D eigenvalue weighted by molar-refractivity contribution is 4.48. The first-order valence-electron chi connectivity index (χ1n) is 2.64. The Kier molecular flexibility index (Phi) is 4.33. The predicted molar refractivity (Wildman–Crippen MR) is 24.2 cm³/mol. The molecule has 0 aromatic rings. The zero-order valence-electron chi connectivity index (χ0n) is 5.27. The van der Waals surface area contributed by atoms with Crippen LogP contribution in [0.1, 0.15) is 19.8 Å². The minimum atomic E-state index is -2.82. The Balaban J connectivity index is 3.87. The van der Waals surface area contributed by atoms with Gasteiger partial charge in [-0.1, -0.05) is 6.92 Å². The Morgan fingerprint density at radius 1 is 1.10 bits per heavy atom. The van der Waals surface area contributed by atoms with Gasteiger partial charge in [-0.2, -0.15) is 0 Å². The van der Waals surface area contributed by atoms with E-state index in [9.17, 15) is 13.6 Å². The van der Waals surface area contributed by atoms with Gasteiger partial charge in [0.1, 0.15) is 0 Å². The molecule has 3 nitrogen and oxygen atoms in total. The quantitative estimate of drug-likeness (QED) is 0.576. The van der Waals surface area contributed by atoms with Crippen molar-refractivity contribution in [2.45, 2.75) is 25.7 Å². The average Bonchev–Trinajstić information content (AvgIpc) is 2.01. The lowest BCUT2D eigenvalue weighted by Crippen LogP contribution is -2.31. The van der Waals surface area contributed by atoms with Crippen molar-refractivity contribution in [3.63, 3.8) is 0 Å². The molecule has 0 fully saturated rings. The van der Waals surface area contributed by atoms with Gasteiger partial charge in [0.25, 0.3) is 0 Å². The van der Waals surface area contributed by atoms with Gasteiger partial charge in [0, 0.05) is 6.42 Å². The molecule has 0 bridgehead atoms. The van der Waals surface area contributed by atoms with Crippen molar-refractivity contribution in [3.05, 3.63) is 0 Å². The maximum absolute atomic E-state index is 11.3. The first-order valence-corrected chi connectivity index (χ1v) is 2.64. The van der Waals surface area contributed by atoms with E-state index in [4.69, 9.17) is 0 Å². The molecule has 0 saturated heterocycles. The Labute approximate surface area is 55.4 Å². The summed E-state index contributed by atoms with van der Waals surface area (Å²) < 4.78 is 33.8. The van der Waals surface area contributed by atoms with Crippen molar-refractivity contribution >= 4 is 0 Å². The summed E-state index contributed by atoms with van der Waals surface area (Å²) in [5.74, 6) is -2.82. The number of hydrogen-bond acceptors (Lipinski definition) is 3. The highest BCUT2D eigenvalue weighted by Crippen LogP contribution is 2.22. The highest BCUT2D eigenvalue weighted by atomic mass is 19.3. The van der Waals surface area contributed by atoms with Crippen molar-refractivity contribution in [1.29, 1.82) is 0 Å². The molecule has 6 heteroatoms. The molecular formula is C4H7F3O3. The molecule has 0 spiro atoms. The van der Waals surface area contributed by atoms with Crippen LogP contribution >= 0.6 is 0 Å². The molecule has 0 amide bonds. The third-order valence-corrected chi connectivity index (χ3v) is 0.909. The van der Waals surface area contributed by atoms with Gasteiger partial charge in [-0.25, -0.2) is 0 Å². The molecule has 62 valence electrons. The fraction of sp³-hybridized carbons (Fsp3) is 1.00. The summed E-state index contributed by atoms with van der Waals surface area (Å²) in [7, 11) is 0. The van der Waals surface area contributed by atoms with E-state index < -0.39 is 5.97 Å². The van der Waals surface area contributed by atoms with Crippen LogP contribution in [0.25, 0.3) is 0 Å². The van der Waals surface area contributed by atoms with E-state index in [0.29, 0.717) is 0 Å². The summed E-state index contributed by atoms with van der Waals surface area (Å²) in [6.45, 7) is 1.55. The van der Waals surface area contributed by atoms with Gasteiger partial charge in [-0.05, 0) is 20.0 Å². The lowest BCUT2D eigenvalue weighted by atomic mass is 10.3. The molecule has 0 unspecified atom stereocenters. The largest absolute Gasteiger partial charge is 0.380 e. The van der Waals surface area contributed by atoms with Crippen molar-refractivity contribution in [1.82, 2.24) is 0 Å². The summed E-state index contributed by atoms with van der Waals surface area (Å²) >= 11 is 0. The van der Waals surface area contributed by atoms with Gasteiger partial charge < -0.3 is 0 Å². The Morgan fingerprint density at radius 3 is 1.60 bits per heavy atom. The summed E-state index contributed by atoms with van der Waals surface area (Å²) in [4.78, 5) is 8.35. The van der Waals surface area contributed by atoms with E-state index in [1.165, 1.54) is 0 Å². The molecule has 0 aromatic heterocycles. The van der Waals surface area contributed by atoms with Crippen molar-refractivity contribution in [3.8, 4) is 0 Å². The van der Waals surface area contributed by atoms with E-state index >= 15 is 0 Å². The smallest absolute Gasteiger partial charge is 0.123 e. The van der Waals surface area contributed by atoms with E-state index in [1.54, 1.807) is 6.92 Å². The maximum atomic E-state index is 11.3. The highest BCUT2D eigenvalue weighted by Gasteiger charge is 2.37. The topological polar surface area (TPSA) is 27.7 Å². The first kappa shape index (κ1) is 9.67. The number of halogens is 3. The Morgan fingerprint density at radius 2 is 1.50 bits per heavy atom. The average molecular weight is 160 g/mol. The lowest BCUT2D eigenvalue weighted by Gasteiger charge is -2.16. The zero-order chi connectivity index (χ0) is 8.04. The van der Waals surface area contributed by atoms with Crippen molar-refractivity contribution in [2.24, 2.45) is 0 Å². The van der Waals surface area contributed by atoms with Gasteiger partial charge in [0.2, 0.25) is 0 Å². The molecule has 0 rings (SSSR count). The molecule has 0 radical (unpaired) electrons. The van der Waals surface area contributed by atoms with Gasteiger partial charge in [-0.15, -0.1) is 14.8 Å². The molecule has 0 aliphatic rings. The normalized spacial score (nSPS) is 12.0. The molecular weight excluding hydrogens is 153 g/mol. The van der Waals surface area contributed by atoms with Gasteiger partial charge in [-0.3, -0.25) is 0 Å². The van der Waals surface area contributed by atoms with E-state index in [0.717, 1.165) is 0 Å². The number of hydrogen-bond donors (Lipinski definition) is 0. The van der Waals surface area contributed by atoms with Crippen LogP contribution in [0.15, 0.2) is 0 Å². The molecule has 0 aliphatic carbocycles. The Bertz CT molecular complexity index is 77.6. The minimum absolute atomic E-state index is 0.248. The number of rotatable bonds is 5. The van der Waals surface area contributed by atoms with Crippen LogP contribution in [0, 0.1) is 0 Å². The third kappa shape index (κ3) is 2.13. The van der Waals surface area contributed by atoms with E-state index in [1.807, 2.05) is 0 Å². The zero-order valence-corrected chi connectivity index (χ0v) is 5.27. The van der Waals surface area contributed by atoms with Crippen LogP contribution in [0.4, 0.5) is 13.6 Å². The van der Waals surface area contributed by atoms with Crippen LogP contribution in [0.3, 0.4) is 0 Å². The summed E-state index contributed by atoms with van der Waals surface area (Å²) in [5, 5.41) is 0. The molecule has 0 N–H and O–H groups in total. The second-order valence-corrected chi connectivity index (χ2v) is 1.66. The third-order valence-electron chi connectivity index (χ3n) is 0.909. The Hall–Kier alpha value is -0.330. The van der Waals surface area contributed by atoms with Crippen LogP contribution < -0.4 is 0 Å². The standard InChI is InChI=1S/C4H7F3O3/c1-2-3-4(8-5,9-6)10-7/h2-3H2,1H3. The second-order valence-electron chi connectivity index (χ2n) is 1.66. The SMILES string of the molecule is CCCC(OF)(OF)OF. The summed E-state index contributed by atoms with van der Waals surface area (Å²) in [5.41, 5.74) is 0. The minimum Gasteiger partial charge on any atom is -0.123 e. The first-order chi connectivity index (χ1) is 4.74. The van der Waals surface area contributed by atoms with Gasteiger partial charge >= 0.3 is 5.97 Å². The van der Waals surface area contributed by atoms with E-state index in [2.05, 4.69) is 14.8 Å². The fourth-order valence-electron chi connectivity index (χ4n) is 0.458. The van der Waals surface area contributed by atoms with E-state index in [-0.39, 0.29) is 12.8 Å². The monoisotopic (exact) mass is 160 g/mol. The maximum Gasteiger partial charge on any atom is 0.380 e. The lowest BCUT2D eigenvalue weighted by molar-refractivity contribution is -0.549. The molecule has 0 saturated carbocycles. The van der Waals surface area contributed by atoms with Gasteiger partial charge in [0.15, 0.2) is 0 Å².